The van der Waals surface area contributed by atoms with Crippen LogP contribution in [0, 0.1) is 0 Å². The molecule has 0 aliphatic rings. The number of rotatable bonds is 6. The van der Waals surface area contributed by atoms with Crippen LogP contribution in [-0.2, 0) is 37.1 Å². The summed E-state index contributed by atoms with van der Waals surface area (Å²) in [5.74, 6) is -0.447. The third-order valence-corrected chi connectivity index (χ3v) is 4.91. The van der Waals surface area contributed by atoms with Gasteiger partial charge in [-0.25, -0.2) is 4.21 Å². The molecule has 2 rings (SSSR count). The number of carbonyl (C=O) groups is 1. The van der Waals surface area contributed by atoms with E-state index >= 15 is 0 Å². The molecule has 0 bridgehead atoms. The highest BCUT2D eigenvalue weighted by molar-refractivity contribution is 7.86. The van der Waals surface area contributed by atoms with E-state index in [2.05, 4.69) is 0 Å². The molecule has 1 unspecified atom stereocenters. The zero-order valence-corrected chi connectivity index (χ0v) is 14.7. The van der Waals surface area contributed by atoms with E-state index in [0.29, 0.717) is 10.5 Å². The molecule has 24 heavy (non-hydrogen) atoms. The van der Waals surface area contributed by atoms with Crippen molar-refractivity contribution in [3.8, 4) is 5.75 Å². The van der Waals surface area contributed by atoms with E-state index in [-0.39, 0.29) is 17.3 Å². The van der Waals surface area contributed by atoms with E-state index in [0.717, 1.165) is 6.26 Å². The van der Waals surface area contributed by atoms with Gasteiger partial charge in [-0.1, -0.05) is 30.3 Å². The van der Waals surface area contributed by atoms with Crippen LogP contribution < -0.4 is 4.18 Å². The lowest BCUT2D eigenvalue weighted by Gasteiger charge is -2.12. The van der Waals surface area contributed by atoms with Crippen molar-refractivity contribution in [1.82, 2.24) is 0 Å². The molecule has 0 radical (unpaired) electrons. The van der Waals surface area contributed by atoms with Gasteiger partial charge in [0.05, 0.1) is 26.8 Å². The predicted octanol–water partition coefficient (Wildman–Crippen LogP) is 2.25. The summed E-state index contributed by atoms with van der Waals surface area (Å²) in [6.07, 6.45) is 0.918. The molecular formula is C16H16O6S2. The van der Waals surface area contributed by atoms with Crippen molar-refractivity contribution in [2.24, 2.45) is 0 Å². The Morgan fingerprint density at radius 3 is 2.25 bits per heavy atom. The number of hydrogen-bond acceptors (Lipinski definition) is 6. The van der Waals surface area contributed by atoms with Gasteiger partial charge in [-0.05, 0) is 18.2 Å². The van der Waals surface area contributed by atoms with Crippen LogP contribution in [0.5, 0.6) is 5.75 Å². The lowest BCUT2D eigenvalue weighted by atomic mass is 10.2. The first-order chi connectivity index (χ1) is 11.3. The van der Waals surface area contributed by atoms with E-state index in [1.54, 1.807) is 36.4 Å². The third kappa shape index (κ3) is 4.90. The summed E-state index contributed by atoms with van der Waals surface area (Å²) >= 11 is 0. The molecule has 128 valence electrons. The second-order valence-electron chi connectivity index (χ2n) is 4.89. The Morgan fingerprint density at radius 1 is 1.04 bits per heavy atom. The number of ether oxygens (including phenoxy) is 1. The van der Waals surface area contributed by atoms with Crippen LogP contribution in [0.15, 0.2) is 58.3 Å². The molecule has 6 nitrogen and oxygen atoms in total. The number of carbonyl (C=O) groups excluding carboxylic acids is 1. The van der Waals surface area contributed by atoms with Crippen molar-refractivity contribution in [3.63, 3.8) is 0 Å². The summed E-state index contributed by atoms with van der Waals surface area (Å²) in [7, 11) is -5.45. The molecule has 0 aliphatic carbocycles. The van der Waals surface area contributed by atoms with Crippen molar-refractivity contribution >= 4 is 26.9 Å². The van der Waals surface area contributed by atoms with Gasteiger partial charge < -0.3 is 8.92 Å². The maximum atomic E-state index is 12.9. The molecule has 0 N–H and O–H groups in total. The average Bonchev–Trinajstić information content (AvgIpc) is 2.51. The molecule has 2 aromatic rings. The largest absolute Gasteiger partial charge is 0.461 e. The molecule has 0 saturated heterocycles. The second kappa shape index (κ2) is 7.59. The van der Waals surface area contributed by atoms with Crippen LogP contribution in [0.2, 0.25) is 0 Å². The van der Waals surface area contributed by atoms with Crippen LogP contribution in [0.25, 0.3) is 0 Å². The standard InChI is InChI=1S/C16H16O6S2/c1-12(17)21-11-13-7-3-5-9-15(13)23(18)16-10-6-4-8-14(16)22-24(2,19)20/h3-10H,11H2,1-2H3. The first-order valence-corrected chi connectivity index (χ1v) is 9.86. The minimum absolute atomic E-state index is 0.000577. The molecule has 0 spiro atoms. The van der Waals surface area contributed by atoms with Crippen molar-refractivity contribution in [2.45, 2.75) is 23.3 Å². The van der Waals surface area contributed by atoms with Crippen molar-refractivity contribution in [2.75, 3.05) is 6.26 Å². The van der Waals surface area contributed by atoms with Crippen LogP contribution >= 0.6 is 0 Å². The SMILES string of the molecule is CC(=O)OCc1ccccc1S(=O)c1ccccc1OS(C)(=O)=O. The van der Waals surface area contributed by atoms with Gasteiger partial charge >= 0.3 is 16.1 Å². The highest BCUT2D eigenvalue weighted by Crippen LogP contribution is 2.29. The predicted molar refractivity (Wildman–Crippen MR) is 88.5 cm³/mol. The van der Waals surface area contributed by atoms with Gasteiger partial charge in [-0.3, -0.25) is 4.79 Å². The van der Waals surface area contributed by atoms with Gasteiger partial charge in [0, 0.05) is 12.5 Å². The summed E-state index contributed by atoms with van der Waals surface area (Å²) in [6, 6.07) is 12.9. The molecule has 0 saturated carbocycles. The quantitative estimate of drug-likeness (QED) is 0.574. The Balaban J connectivity index is 2.41. The van der Waals surface area contributed by atoms with Gasteiger partial charge in [-0.15, -0.1) is 0 Å². The third-order valence-electron chi connectivity index (χ3n) is 2.89. The van der Waals surface area contributed by atoms with Crippen molar-refractivity contribution in [1.29, 1.82) is 0 Å². The van der Waals surface area contributed by atoms with E-state index in [9.17, 15) is 17.4 Å². The smallest absolute Gasteiger partial charge is 0.306 e. The van der Waals surface area contributed by atoms with E-state index in [1.165, 1.54) is 19.1 Å². The number of benzene rings is 2. The maximum Gasteiger partial charge on any atom is 0.306 e. The van der Waals surface area contributed by atoms with Gasteiger partial charge in [-0.2, -0.15) is 8.42 Å². The topological polar surface area (TPSA) is 86.7 Å². The lowest BCUT2D eigenvalue weighted by molar-refractivity contribution is -0.142. The first-order valence-electron chi connectivity index (χ1n) is 6.89. The molecule has 0 aliphatic heterocycles. The van der Waals surface area contributed by atoms with Crippen LogP contribution in [0.1, 0.15) is 12.5 Å². The Bertz CT molecular complexity index is 874. The Morgan fingerprint density at radius 2 is 1.62 bits per heavy atom. The summed E-state index contributed by atoms with van der Waals surface area (Å²) in [5.41, 5.74) is 0.570. The van der Waals surface area contributed by atoms with Gasteiger partial charge in [0.2, 0.25) is 0 Å². The summed E-state index contributed by atoms with van der Waals surface area (Å²) < 4.78 is 45.5. The van der Waals surface area contributed by atoms with Crippen LogP contribution in [0.3, 0.4) is 0 Å². The summed E-state index contributed by atoms with van der Waals surface area (Å²) in [6.45, 7) is 1.27. The molecule has 0 fully saturated rings. The molecule has 0 amide bonds. The highest BCUT2D eigenvalue weighted by atomic mass is 32.2. The minimum Gasteiger partial charge on any atom is -0.461 e. The fourth-order valence-electron chi connectivity index (χ4n) is 1.94. The fourth-order valence-corrected chi connectivity index (χ4v) is 3.76. The molecule has 0 aromatic heterocycles. The Hall–Kier alpha value is -2.19. The monoisotopic (exact) mass is 368 g/mol. The number of para-hydroxylation sites is 1. The first kappa shape index (κ1) is 18.2. The molecule has 0 heterocycles. The fraction of sp³-hybridized carbons (Fsp3) is 0.188. The van der Waals surface area contributed by atoms with Gasteiger partial charge in [0.1, 0.15) is 6.61 Å². The summed E-state index contributed by atoms with van der Waals surface area (Å²) in [5, 5.41) is 0. The molecule has 8 heteroatoms. The van der Waals surface area contributed by atoms with E-state index in [1.807, 2.05) is 0 Å². The van der Waals surface area contributed by atoms with Crippen molar-refractivity contribution < 1.29 is 26.3 Å². The lowest BCUT2D eigenvalue weighted by Crippen LogP contribution is -2.09. The Labute approximate surface area is 143 Å². The zero-order chi connectivity index (χ0) is 17.7. The molecule has 1 atom stereocenters. The highest BCUT2D eigenvalue weighted by Gasteiger charge is 2.18. The minimum atomic E-state index is -3.75. The normalized spacial score (nSPS) is 12.4. The second-order valence-corrected chi connectivity index (χ2v) is 7.88. The average molecular weight is 368 g/mol. The molecule has 2 aromatic carbocycles. The van der Waals surface area contributed by atoms with Crippen LogP contribution in [0.4, 0.5) is 0 Å². The van der Waals surface area contributed by atoms with Crippen molar-refractivity contribution in [3.05, 3.63) is 54.1 Å². The molecular weight excluding hydrogens is 352 g/mol. The van der Waals surface area contributed by atoms with Gasteiger partial charge in [0.25, 0.3) is 0 Å². The van der Waals surface area contributed by atoms with E-state index < -0.39 is 26.9 Å². The zero-order valence-electron chi connectivity index (χ0n) is 13.1. The van der Waals surface area contributed by atoms with Crippen LogP contribution in [-0.4, -0.2) is 24.9 Å². The number of hydrogen-bond donors (Lipinski definition) is 0. The maximum absolute atomic E-state index is 12.9. The Kier molecular flexibility index (Phi) is 5.74. The van der Waals surface area contributed by atoms with Gasteiger partial charge in [0.15, 0.2) is 5.75 Å². The summed E-state index contributed by atoms with van der Waals surface area (Å²) in [4.78, 5) is 11.6. The van der Waals surface area contributed by atoms with E-state index in [4.69, 9.17) is 8.92 Å². The number of esters is 1.